The molecule has 0 unspecified atom stereocenters. The molecule has 0 N–H and O–H groups in total. The maximum Gasteiger partial charge on any atom is 0.177 e. The molecule has 12 heavy (non-hydrogen) atoms. The van der Waals surface area contributed by atoms with Crippen LogP contribution in [0.3, 0.4) is 0 Å². The minimum absolute atomic E-state index is 0.0864. The molecule has 0 aromatic carbocycles. The normalized spacial score (nSPS) is 44.1. The quantitative estimate of drug-likeness (QED) is 0.606. The van der Waals surface area contributed by atoms with Gasteiger partial charge in [0.05, 0.1) is 16.7 Å². The minimum atomic E-state index is -0.225. The fraction of sp³-hybridized carbons (Fsp3) is 0.714. The number of hydrogen-bond donors (Lipinski definition) is 0. The highest BCUT2D eigenvalue weighted by molar-refractivity contribution is 6.44. The van der Waals surface area contributed by atoms with Crippen LogP contribution in [0.15, 0.2) is 5.16 Å². The third-order valence-corrected chi connectivity index (χ3v) is 3.46. The van der Waals surface area contributed by atoms with E-state index in [2.05, 4.69) is 5.16 Å². The summed E-state index contributed by atoms with van der Waals surface area (Å²) in [7, 11) is 0. The zero-order chi connectivity index (χ0) is 8.88. The number of halogens is 2. The number of ketones is 1. The molecule has 1 fully saturated rings. The third-order valence-electron chi connectivity index (χ3n) is 2.26. The molecule has 0 aromatic rings. The van der Waals surface area contributed by atoms with Gasteiger partial charge in [-0.3, -0.25) is 4.79 Å². The van der Waals surface area contributed by atoms with Gasteiger partial charge in [-0.2, -0.15) is 0 Å². The third kappa shape index (κ3) is 0.896. The molecular weight excluding hydrogens is 201 g/mol. The number of carbonyl (C=O) groups excluding carboxylic acids is 1. The number of alkyl halides is 2. The van der Waals surface area contributed by atoms with Crippen molar-refractivity contribution >= 4 is 34.7 Å². The smallest absolute Gasteiger partial charge is 0.177 e. The summed E-state index contributed by atoms with van der Waals surface area (Å²) in [4.78, 5) is 15.9. The Bertz CT molecular complexity index is 266. The Morgan fingerprint density at radius 1 is 1.50 bits per heavy atom. The van der Waals surface area contributed by atoms with Gasteiger partial charge in [-0.05, 0) is 0 Å². The molecule has 1 aliphatic heterocycles. The van der Waals surface area contributed by atoms with Gasteiger partial charge >= 0.3 is 0 Å². The summed E-state index contributed by atoms with van der Waals surface area (Å²) in [5.74, 6) is -0.177. The SMILES string of the molecule is CC(=O)C1=NO[C@@H]2[C@@H](Cl)[C@@H](Cl)[C@H]12. The first-order chi connectivity index (χ1) is 5.63. The van der Waals surface area contributed by atoms with Crippen molar-refractivity contribution in [3.8, 4) is 0 Å². The molecule has 5 heteroatoms. The van der Waals surface area contributed by atoms with Gasteiger partial charge in [0, 0.05) is 6.92 Å². The van der Waals surface area contributed by atoms with Crippen molar-refractivity contribution in [3.05, 3.63) is 0 Å². The Labute approximate surface area is 79.6 Å². The van der Waals surface area contributed by atoms with E-state index in [1.807, 2.05) is 0 Å². The lowest BCUT2D eigenvalue weighted by molar-refractivity contribution is -0.111. The van der Waals surface area contributed by atoms with Gasteiger partial charge in [0.25, 0.3) is 0 Å². The van der Waals surface area contributed by atoms with Gasteiger partial charge in [0.2, 0.25) is 0 Å². The molecule has 0 spiro atoms. The van der Waals surface area contributed by atoms with Crippen LogP contribution in [0.25, 0.3) is 0 Å². The Morgan fingerprint density at radius 2 is 2.17 bits per heavy atom. The van der Waals surface area contributed by atoms with Gasteiger partial charge in [-0.15, -0.1) is 23.2 Å². The van der Waals surface area contributed by atoms with Gasteiger partial charge in [0.15, 0.2) is 11.9 Å². The van der Waals surface area contributed by atoms with Crippen molar-refractivity contribution in [2.75, 3.05) is 0 Å². The summed E-state index contributed by atoms with van der Waals surface area (Å²) in [6.45, 7) is 1.45. The largest absolute Gasteiger partial charge is 0.390 e. The predicted octanol–water partition coefficient (Wildman–Crippen LogP) is 1.17. The highest BCUT2D eigenvalue weighted by atomic mass is 35.5. The second-order valence-electron chi connectivity index (χ2n) is 3.02. The molecule has 0 radical (unpaired) electrons. The Hall–Kier alpha value is -0.280. The van der Waals surface area contributed by atoms with E-state index in [-0.39, 0.29) is 28.6 Å². The molecule has 0 aromatic heterocycles. The maximum absolute atomic E-state index is 11.0. The molecule has 1 saturated carbocycles. The molecule has 0 bridgehead atoms. The number of oxime groups is 1. The highest BCUT2D eigenvalue weighted by Gasteiger charge is 2.57. The molecule has 0 saturated heterocycles. The van der Waals surface area contributed by atoms with Crippen LogP contribution in [0, 0.1) is 5.92 Å². The first-order valence-electron chi connectivity index (χ1n) is 3.65. The van der Waals surface area contributed by atoms with Crippen molar-refractivity contribution in [3.63, 3.8) is 0 Å². The molecule has 3 nitrogen and oxygen atoms in total. The van der Waals surface area contributed by atoms with E-state index >= 15 is 0 Å². The predicted molar refractivity (Wildman–Crippen MR) is 45.8 cm³/mol. The standard InChI is InChI=1S/C7H7Cl2NO2/c1-2(11)6-3-4(8)5(9)7(3)12-10-6/h3-5,7H,1H3/t3-,4+,5+,7+/m1/s1. The molecule has 2 aliphatic rings. The van der Waals surface area contributed by atoms with Crippen LogP contribution in [0.4, 0.5) is 0 Å². The number of hydrogen-bond acceptors (Lipinski definition) is 3. The van der Waals surface area contributed by atoms with Gasteiger partial charge in [-0.1, -0.05) is 5.16 Å². The topological polar surface area (TPSA) is 38.7 Å². The van der Waals surface area contributed by atoms with Crippen LogP contribution in [-0.4, -0.2) is 28.4 Å². The number of Topliss-reactive ketones (excluding diaryl/α,β-unsaturated/α-hetero) is 1. The average Bonchev–Trinajstić information content (AvgIpc) is 2.43. The maximum atomic E-state index is 11.0. The van der Waals surface area contributed by atoms with E-state index in [1.54, 1.807) is 0 Å². The number of nitrogens with zero attached hydrogens (tertiary/aromatic N) is 1. The molecule has 2 rings (SSSR count). The highest BCUT2D eigenvalue weighted by Crippen LogP contribution is 2.44. The van der Waals surface area contributed by atoms with Crippen LogP contribution in [-0.2, 0) is 9.63 Å². The lowest BCUT2D eigenvalue weighted by Gasteiger charge is -2.38. The summed E-state index contributed by atoms with van der Waals surface area (Å²) >= 11 is 11.7. The Morgan fingerprint density at radius 3 is 2.75 bits per heavy atom. The first kappa shape index (κ1) is 8.32. The molecule has 66 valence electrons. The monoisotopic (exact) mass is 207 g/mol. The van der Waals surface area contributed by atoms with Crippen LogP contribution in [0.2, 0.25) is 0 Å². The summed E-state index contributed by atoms with van der Waals surface area (Å²) in [6, 6.07) is 0. The average molecular weight is 208 g/mol. The second-order valence-corrected chi connectivity index (χ2v) is 4.03. The van der Waals surface area contributed by atoms with Crippen molar-refractivity contribution in [1.29, 1.82) is 0 Å². The molecule has 0 amide bonds. The number of fused-ring (bicyclic) bond motifs is 1. The zero-order valence-electron chi connectivity index (χ0n) is 6.33. The van der Waals surface area contributed by atoms with E-state index in [9.17, 15) is 4.79 Å². The van der Waals surface area contributed by atoms with Crippen molar-refractivity contribution in [2.24, 2.45) is 11.1 Å². The summed E-state index contributed by atoms with van der Waals surface area (Å²) in [5.41, 5.74) is 0.428. The summed E-state index contributed by atoms with van der Waals surface area (Å²) < 4.78 is 0. The zero-order valence-corrected chi connectivity index (χ0v) is 7.84. The van der Waals surface area contributed by atoms with Crippen molar-refractivity contribution in [1.82, 2.24) is 0 Å². The van der Waals surface area contributed by atoms with Crippen LogP contribution < -0.4 is 0 Å². The lowest BCUT2D eigenvalue weighted by Crippen LogP contribution is -2.56. The lowest BCUT2D eigenvalue weighted by atomic mass is 9.77. The first-order valence-corrected chi connectivity index (χ1v) is 4.53. The Kier molecular flexibility index (Phi) is 1.81. The van der Waals surface area contributed by atoms with Crippen molar-refractivity contribution < 1.29 is 9.63 Å². The molecule has 1 aliphatic carbocycles. The van der Waals surface area contributed by atoms with E-state index in [0.717, 1.165) is 0 Å². The van der Waals surface area contributed by atoms with Crippen LogP contribution in [0.5, 0.6) is 0 Å². The van der Waals surface area contributed by atoms with Gasteiger partial charge in [-0.25, -0.2) is 0 Å². The van der Waals surface area contributed by atoms with E-state index < -0.39 is 0 Å². The minimum Gasteiger partial charge on any atom is -0.390 e. The molecular formula is C7H7Cl2NO2. The van der Waals surface area contributed by atoms with Gasteiger partial charge in [0.1, 0.15) is 5.71 Å². The van der Waals surface area contributed by atoms with Crippen molar-refractivity contribution in [2.45, 2.75) is 23.8 Å². The van der Waals surface area contributed by atoms with E-state index in [4.69, 9.17) is 28.0 Å². The molecule has 1 heterocycles. The summed E-state index contributed by atoms with van der Waals surface area (Å²) in [5, 5.41) is 3.21. The second kappa shape index (κ2) is 2.60. The summed E-state index contributed by atoms with van der Waals surface area (Å²) in [6.07, 6.45) is -0.187. The number of carbonyl (C=O) groups is 1. The molecule has 4 atom stereocenters. The fourth-order valence-corrected chi connectivity index (χ4v) is 2.29. The van der Waals surface area contributed by atoms with Gasteiger partial charge < -0.3 is 4.84 Å². The van der Waals surface area contributed by atoms with Crippen LogP contribution in [0.1, 0.15) is 6.92 Å². The van der Waals surface area contributed by atoms with E-state index in [0.29, 0.717) is 5.71 Å². The number of rotatable bonds is 1. The Balaban J connectivity index is 2.18. The van der Waals surface area contributed by atoms with E-state index in [1.165, 1.54) is 6.92 Å². The van der Waals surface area contributed by atoms with Crippen LogP contribution >= 0.6 is 23.2 Å². The fourth-order valence-electron chi connectivity index (χ4n) is 1.52.